The van der Waals surface area contributed by atoms with Gasteiger partial charge in [-0.05, 0) is 32.3 Å². The van der Waals surface area contributed by atoms with Crippen molar-refractivity contribution in [3.05, 3.63) is 35.9 Å². The van der Waals surface area contributed by atoms with E-state index in [1.54, 1.807) is 0 Å². The van der Waals surface area contributed by atoms with E-state index in [1.807, 2.05) is 44.2 Å². The van der Waals surface area contributed by atoms with Gasteiger partial charge in [-0.2, -0.15) is 0 Å². The van der Waals surface area contributed by atoms with Crippen LogP contribution in [0.3, 0.4) is 0 Å². The van der Waals surface area contributed by atoms with Crippen LogP contribution in [0, 0.1) is 10.8 Å². The SMILES string of the molecule is CC1(C)C(=O)C2(CCCC2)C(=O)O[C@H]1c1ccccc1. The molecule has 1 saturated heterocycles. The molecule has 1 heterocycles. The highest BCUT2D eigenvalue weighted by molar-refractivity contribution is 6.08. The van der Waals surface area contributed by atoms with E-state index in [0.29, 0.717) is 12.8 Å². The van der Waals surface area contributed by atoms with Crippen molar-refractivity contribution in [3.63, 3.8) is 0 Å². The molecular formula is C17H20O3. The molecule has 3 heteroatoms. The van der Waals surface area contributed by atoms with Crippen molar-refractivity contribution in [2.24, 2.45) is 10.8 Å². The summed E-state index contributed by atoms with van der Waals surface area (Å²) in [6.07, 6.45) is 2.69. The van der Waals surface area contributed by atoms with Gasteiger partial charge >= 0.3 is 5.97 Å². The highest BCUT2D eigenvalue weighted by Crippen LogP contribution is 2.53. The van der Waals surface area contributed by atoms with E-state index in [9.17, 15) is 9.59 Å². The molecule has 1 aliphatic heterocycles. The Bertz CT molecular complexity index is 539. The quantitative estimate of drug-likeness (QED) is 0.581. The maximum atomic E-state index is 13.0. The Labute approximate surface area is 119 Å². The summed E-state index contributed by atoms with van der Waals surface area (Å²) in [7, 11) is 0. The van der Waals surface area contributed by atoms with Crippen molar-refractivity contribution >= 4 is 11.8 Å². The van der Waals surface area contributed by atoms with Crippen LogP contribution in [-0.4, -0.2) is 11.8 Å². The van der Waals surface area contributed by atoms with Crippen molar-refractivity contribution < 1.29 is 14.3 Å². The third kappa shape index (κ3) is 1.72. The Kier molecular flexibility index (Phi) is 2.96. The lowest BCUT2D eigenvalue weighted by molar-refractivity contribution is -0.189. The maximum Gasteiger partial charge on any atom is 0.320 e. The summed E-state index contributed by atoms with van der Waals surface area (Å²) in [5.41, 5.74) is -0.638. The van der Waals surface area contributed by atoms with E-state index in [2.05, 4.69) is 0 Å². The lowest BCUT2D eigenvalue weighted by Crippen LogP contribution is -2.53. The topological polar surface area (TPSA) is 43.4 Å². The van der Waals surface area contributed by atoms with Crippen LogP contribution in [0.25, 0.3) is 0 Å². The van der Waals surface area contributed by atoms with Crippen molar-refractivity contribution in [1.29, 1.82) is 0 Å². The zero-order valence-electron chi connectivity index (χ0n) is 12.0. The van der Waals surface area contributed by atoms with Crippen LogP contribution < -0.4 is 0 Å². The van der Waals surface area contributed by atoms with Gasteiger partial charge in [0.05, 0.1) is 5.41 Å². The molecular weight excluding hydrogens is 252 g/mol. The molecule has 1 aliphatic carbocycles. The van der Waals surface area contributed by atoms with Gasteiger partial charge in [-0.3, -0.25) is 9.59 Å². The fourth-order valence-electron chi connectivity index (χ4n) is 3.72. The number of esters is 1. The molecule has 0 N–H and O–H groups in total. The van der Waals surface area contributed by atoms with Crippen LogP contribution >= 0.6 is 0 Å². The number of rotatable bonds is 1. The Balaban J connectivity index is 2.01. The lowest BCUT2D eigenvalue weighted by Gasteiger charge is -2.44. The number of benzene rings is 1. The molecule has 0 unspecified atom stereocenters. The highest BCUT2D eigenvalue weighted by atomic mass is 16.5. The standard InChI is InChI=1S/C17H20O3/c1-16(2)13(12-8-4-3-5-9-12)20-15(19)17(14(16)18)10-6-7-11-17/h3-5,8-9,13H,6-7,10-11H2,1-2H3/t13-/m0/s1. The number of carbonyl (C=O) groups excluding carboxylic acids is 2. The fourth-order valence-corrected chi connectivity index (χ4v) is 3.72. The second-order valence-corrected chi connectivity index (χ2v) is 6.54. The zero-order valence-corrected chi connectivity index (χ0v) is 12.0. The smallest absolute Gasteiger partial charge is 0.320 e. The molecule has 3 nitrogen and oxygen atoms in total. The minimum absolute atomic E-state index is 0.0626. The van der Waals surface area contributed by atoms with Crippen molar-refractivity contribution in [3.8, 4) is 0 Å². The molecule has 1 saturated carbocycles. The Hall–Kier alpha value is -1.64. The molecule has 1 spiro atoms. The van der Waals surface area contributed by atoms with Crippen LogP contribution in [0.4, 0.5) is 0 Å². The van der Waals surface area contributed by atoms with Gasteiger partial charge < -0.3 is 4.74 Å². The molecule has 1 atom stereocenters. The zero-order chi connectivity index (χ0) is 14.4. The number of hydrogen-bond donors (Lipinski definition) is 0. The second-order valence-electron chi connectivity index (χ2n) is 6.54. The molecule has 1 aromatic rings. The van der Waals surface area contributed by atoms with Crippen LogP contribution in [-0.2, 0) is 14.3 Å². The fraction of sp³-hybridized carbons (Fsp3) is 0.529. The lowest BCUT2D eigenvalue weighted by atomic mass is 9.64. The summed E-state index contributed by atoms with van der Waals surface area (Å²) in [5, 5.41) is 0. The van der Waals surface area contributed by atoms with Crippen LogP contribution in [0.5, 0.6) is 0 Å². The number of Topliss-reactive ketones (excluding diaryl/α,β-unsaturated/α-hetero) is 1. The van der Waals surface area contributed by atoms with E-state index >= 15 is 0 Å². The molecule has 0 bridgehead atoms. The van der Waals surface area contributed by atoms with Crippen molar-refractivity contribution in [1.82, 2.24) is 0 Å². The third-order valence-electron chi connectivity index (χ3n) is 4.85. The normalized spacial score (nSPS) is 27.6. The van der Waals surface area contributed by atoms with E-state index in [-0.39, 0.29) is 11.8 Å². The first-order valence-corrected chi connectivity index (χ1v) is 7.29. The van der Waals surface area contributed by atoms with Crippen molar-refractivity contribution in [2.75, 3.05) is 0 Å². The molecule has 3 rings (SSSR count). The van der Waals surface area contributed by atoms with E-state index in [0.717, 1.165) is 18.4 Å². The van der Waals surface area contributed by atoms with Gasteiger partial charge in [0.25, 0.3) is 0 Å². The minimum Gasteiger partial charge on any atom is -0.456 e. The Morgan fingerprint density at radius 3 is 2.25 bits per heavy atom. The minimum atomic E-state index is -0.866. The van der Waals surface area contributed by atoms with E-state index in [1.165, 1.54) is 0 Å². The van der Waals surface area contributed by atoms with Gasteiger partial charge in [0, 0.05) is 0 Å². The monoisotopic (exact) mass is 272 g/mol. The number of carbonyl (C=O) groups is 2. The maximum absolute atomic E-state index is 13.0. The predicted molar refractivity (Wildman–Crippen MR) is 75.0 cm³/mol. The first kappa shape index (κ1) is 13.3. The molecule has 0 radical (unpaired) electrons. The van der Waals surface area contributed by atoms with Crippen LogP contribution in [0.15, 0.2) is 30.3 Å². The average molecular weight is 272 g/mol. The summed E-state index contributed by atoms with van der Waals surface area (Å²) in [6, 6.07) is 9.56. The largest absolute Gasteiger partial charge is 0.456 e. The van der Waals surface area contributed by atoms with Gasteiger partial charge in [-0.25, -0.2) is 0 Å². The molecule has 106 valence electrons. The molecule has 2 fully saturated rings. The number of ketones is 1. The van der Waals surface area contributed by atoms with E-state index < -0.39 is 16.9 Å². The molecule has 0 aromatic heterocycles. The molecule has 20 heavy (non-hydrogen) atoms. The summed E-state index contributed by atoms with van der Waals surface area (Å²) in [5.74, 6) is -0.249. The van der Waals surface area contributed by atoms with E-state index in [4.69, 9.17) is 4.74 Å². The molecule has 0 amide bonds. The third-order valence-corrected chi connectivity index (χ3v) is 4.85. The van der Waals surface area contributed by atoms with Gasteiger partial charge in [0.15, 0.2) is 5.78 Å². The summed E-state index contributed by atoms with van der Waals surface area (Å²) in [4.78, 5) is 25.4. The van der Waals surface area contributed by atoms with Gasteiger partial charge in [0.2, 0.25) is 0 Å². The Morgan fingerprint density at radius 2 is 1.65 bits per heavy atom. The average Bonchev–Trinajstić information content (AvgIpc) is 2.93. The summed E-state index contributed by atoms with van der Waals surface area (Å²) in [6.45, 7) is 3.80. The summed E-state index contributed by atoms with van der Waals surface area (Å²) >= 11 is 0. The summed E-state index contributed by atoms with van der Waals surface area (Å²) < 4.78 is 5.74. The molecule has 2 aliphatic rings. The van der Waals surface area contributed by atoms with Gasteiger partial charge in [-0.1, -0.05) is 43.2 Å². The number of hydrogen-bond acceptors (Lipinski definition) is 3. The van der Waals surface area contributed by atoms with Crippen LogP contribution in [0.1, 0.15) is 51.2 Å². The highest BCUT2D eigenvalue weighted by Gasteiger charge is 2.60. The number of cyclic esters (lactones) is 1. The first-order chi connectivity index (χ1) is 9.48. The first-order valence-electron chi connectivity index (χ1n) is 7.29. The number of ether oxygens (including phenoxy) is 1. The predicted octanol–water partition coefficient (Wildman–Crippen LogP) is 3.44. The van der Waals surface area contributed by atoms with Crippen molar-refractivity contribution in [2.45, 2.75) is 45.6 Å². The van der Waals surface area contributed by atoms with Crippen LogP contribution in [0.2, 0.25) is 0 Å². The Morgan fingerprint density at radius 1 is 1.05 bits per heavy atom. The second kappa shape index (κ2) is 4.44. The molecule has 1 aromatic carbocycles. The van der Waals surface area contributed by atoms with Gasteiger partial charge in [0.1, 0.15) is 11.5 Å². The van der Waals surface area contributed by atoms with Gasteiger partial charge in [-0.15, -0.1) is 0 Å².